The minimum Gasteiger partial charge on any atom is -0.497 e. The van der Waals surface area contributed by atoms with Gasteiger partial charge in [-0.1, -0.05) is 30.3 Å². The van der Waals surface area contributed by atoms with Crippen LogP contribution in [0, 0.1) is 0 Å². The van der Waals surface area contributed by atoms with Crippen LogP contribution in [0.3, 0.4) is 0 Å². The highest BCUT2D eigenvalue weighted by Crippen LogP contribution is 2.33. The maximum atomic E-state index is 13.9. The van der Waals surface area contributed by atoms with Crippen LogP contribution in [0.1, 0.15) is 37.5 Å². The van der Waals surface area contributed by atoms with Crippen LogP contribution in [0.4, 0.5) is 4.79 Å². The lowest BCUT2D eigenvalue weighted by atomic mass is 10.0. The Morgan fingerprint density at radius 1 is 0.851 bits per heavy atom. The lowest BCUT2D eigenvalue weighted by Crippen LogP contribution is -2.57. The molecule has 0 unspecified atom stereocenters. The van der Waals surface area contributed by atoms with Gasteiger partial charge in [0.05, 0.1) is 21.3 Å². The van der Waals surface area contributed by atoms with Crippen molar-refractivity contribution < 1.29 is 42.9 Å². The van der Waals surface area contributed by atoms with Crippen LogP contribution < -0.4 is 30.2 Å². The summed E-state index contributed by atoms with van der Waals surface area (Å²) < 4.78 is 27.3. The van der Waals surface area contributed by atoms with E-state index in [4.69, 9.17) is 23.7 Å². The maximum absolute atomic E-state index is 13.9. The Kier molecular flexibility index (Phi) is 11.3. The third-order valence-corrected chi connectivity index (χ3v) is 7.30. The van der Waals surface area contributed by atoms with Crippen molar-refractivity contribution in [2.24, 2.45) is 0 Å². The first kappa shape index (κ1) is 34.6. The molecule has 3 atom stereocenters. The molecule has 3 amide bonds. The summed E-state index contributed by atoms with van der Waals surface area (Å²) in [5.74, 6) is 0.0493. The fourth-order valence-electron chi connectivity index (χ4n) is 4.97. The SMILES string of the molecule is COC(=O)[C@@H]1Cc2ccc(OC)c(c2)Oc2ccc(cc2)C[C@H](NC(=O)OC(C)(C)C)C(=O)N[C@@H](Cc2ccc(OC)cc2)C(=O)N1. The predicted octanol–water partition coefficient (Wildman–Crippen LogP) is 3.87. The molecule has 2 aliphatic rings. The van der Waals surface area contributed by atoms with E-state index in [9.17, 15) is 19.2 Å². The number of rotatable bonds is 6. The van der Waals surface area contributed by atoms with Crippen molar-refractivity contribution in [1.82, 2.24) is 16.0 Å². The summed E-state index contributed by atoms with van der Waals surface area (Å²) in [5, 5.41) is 8.21. The van der Waals surface area contributed by atoms with Crippen LogP contribution in [0.2, 0.25) is 0 Å². The Bertz CT molecular complexity index is 1570. The van der Waals surface area contributed by atoms with Gasteiger partial charge in [-0.2, -0.15) is 0 Å². The van der Waals surface area contributed by atoms with E-state index in [2.05, 4.69) is 16.0 Å². The quantitative estimate of drug-likeness (QED) is 0.339. The smallest absolute Gasteiger partial charge is 0.408 e. The minimum absolute atomic E-state index is 0.0593. The average Bonchev–Trinajstić information content (AvgIpc) is 3.03. The number of benzene rings is 3. The molecule has 0 spiro atoms. The van der Waals surface area contributed by atoms with Crippen molar-refractivity contribution in [1.29, 1.82) is 0 Å². The molecule has 0 fully saturated rings. The third-order valence-electron chi connectivity index (χ3n) is 7.30. The number of esters is 1. The molecule has 0 radical (unpaired) electrons. The van der Waals surface area contributed by atoms with Crippen LogP contribution in [-0.4, -0.2) is 68.9 Å². The number of methoxy groups -OCH3 is 3. The first-order valence-corrected chi connectivity index (χ1v) is 15.1. The molecular weight excluding hydrogens is 606 g/mol. The Labute approximate surface area is 274 Å². The van der Waals surface area contributed by atoms with Crippen molar-refractivity contribution in [3.05, 3.63) is 83.4 Å². The van der Waals surface area contributed by atoms with Crippen molar-refractivity contribution >= 4 is 23.9 Å². The molecule has 12 nitrogen and oxygen atoms in total. The van der Waals surface area contributed by atoms with Crippen LogP contribution in [0.15, 0.2) is 66.7 Å². The van der Waals surface area contributed by atoms with Gasteiger partial charge in [0.15, 0.2) is 11.5 Å². The van der Waals surface area contributed by atoms with E-state index in [0.29, 0.717) is 34.1 Å². The molecule has 0 aliphatic carbocycles. The van der Waals surface area contributed by atoms with Gasteiger partial charge in [-0.25, -0.2) is 9.59 Å². The zero-order valence-corrected chi connectivity index (χ0v) is 27.4. The number of alkyl carbamates (subject to hydrolysis) is 1. The van der Waals surface area contributed by atoms with Gasteiger partial charge in [-0.15, -0.1) is 0 Å². The van der Waals surface area contributed by atoms with Gasteiger partial charge in [0.25, 0.3) is 0 Å². The zero-order chi connectivity index (χ0) is 34.1. The number of fused-ring (bicyclic) bond motifs is 10. The molecule has 250 valence electrons. The fourth-order valence-corrected chi connectivity index (χ4v) is 4.97. The Hall–Kier alpha value is -5.26. The molecule has 3 aromatic rings. The molecule has 47 heavy (non-hydrogen) atoms. The van der Waals surface area contributed by atoms with Crippen molar-refractivity contribution in [2.45, 2.75) is 63.8 Å². The number of nitrogens with one attached hydrogen (secondary N) is 3. The summed E-state index contributed by atoms with van der Waals surface area (Å²) in [6.45, 7) is 5.14. The van der Waals surface area contributed by atoms with Gasteiger partial charge in [-0.3, -0.25) is 9.59 Å². The van der Waals surface area contributed by atoms with E-state index < -0.39 is 47.6 Å². The highest BCUT2D eigenvalue weighted by atomic mass is 16.6. The number of ether oxygens (including phenoxy) is 5. The van der Waals surface area contributed by atoms with E-state index in [0.717, 1.165) is 5.56 Å². The zero-order valence-electron chi connectivity index (χ0n) is 27.4. The first-order valence-electron chi connectivity index (χ1n) is 15.1. The largest absolute Gasteiger partial charge is 0.497 e. The molecule has 4 bridgehead atoms. The summed E-state index contributed by atoms with van der Waals surface area (Å²) in [5.41, 5.74) is 1.28. The Balaban J connectivity index is 1.76. The van der Waals surface area contributed by atoms with Crippen molar-refractivity contribution in [2.75, 3.05) is 21.3 Å². The van der Waals surface area contributed by atoms with Crippen LogP contribution in [0.5, 0.6) is 23.0 Å². The highest BCUT2D eigenvalue weighted by Gasteiger charge is 2.32. The molecule has 3 aromatic carbocycles. The second kappa shape index (κ2) is 15.4. The molecule has 3 N–H and O–H groups in total. The van der Waals surface area contributed by atoms with Crippen molar-refractivity contribution in [3.8, 4) is 23.0 Å². The van der Waals surface area contributed by atoms with E-state index in [1.165, 1.54) is 14.2 Å². The summed E-state index contributed by atoms with van der Waals surface area (Å²) >= 11 is 0. The number of amides is 3. The average molecular weight is 648 g/mol. The lowest BCUT2D eigenvalue weighted by molar-refractivity contribution is -0.145. The fraction of sp³-hybridized carbons (Fsp3) is 0.371. The van der Waals surface area contributed by atoms with Gasteiger partial charge >= 0.3 is 12.1 Å². The minimum atomic E-state index is -1.14. The molecule has 0 aromatic heterocycles. The molecule has 12 heteroatoms. The van der Waals surface area contributed by atoms with Gasteiger partial charge in [-0.05, 0) is 73.9 Å². The van der Waals surface area contributed by atoms with E-state index in [1.807, 2.05) is 0 Å². The molecule has 2 aliphatic heterocycles. The maximum Gasteiger partial charge on any atom is 0.408 e. The van der Waals surface area contributed by atoms with Gasteiger partial charge in [0, 0.05) is 19.3 Å². The third kappa shape index (κ3) is 9.86. The molecular formula is C35H41N3O9. The standard InChI is InChI=1S/C35H41N3O9/c1-35(2,3)47-34(42)38-27-18-22-9-14-25(15-10-22)46-30-20-23(11-16-29(30)44-5)19-28(33(41)45-6)37-31(39)26(36-32(27)40)17-21-7-12-24(43-4)13-8-21/h7-16,20,26-28H,17-19H2,1-6H3,(H,36,40)(H,37,39)(H,38,42)/t26-,27-,28-/m0/s1. The molecule has 0 saturated carbocycles. The summed E-state index contributed by atoms with van der Waals surface area (Å²) in [6.07, 6.45) is -0.587. The highest BCUT2D eigenvalue weighted by molar-refractivity contribution is 5.93. The lowest BCUT2D eigenvalue weighted by Gasteiger charge is -2.26. The van der Waals surface area contributed by atoms with Crippen LogP contribution in [-0.2, 0) is 43.1 Å². The monoisotopic (exact) mass is 647 g/mol. The molecule has 5 rings (SSSR count). The summed E-state index contributed by atoms with van der Waals surface area (Å²) in [7, 11) is 4.29. The number of hydrogen-bond acceptors (Lipinski definition) is 9. The van der Waals surface area contributed by atoms with Gasteiger partial charge in [0.2, 0.25) is 11.8 Å². The van der Waals surface area contributed by atoms with E-state index in [-0.39, 0.29) is 19.3 Å². The van der Waals surface area contributed by atoms with Gasteiger partial charge in [0.1, 0.15) is 35.2 Å². The predicted molar refractivity (Wildman–Crippen MR) is 173 cm³/mol. The summed E-state index contributed by atoms with van der Waals surface area (Å²) in [4.78, 5) is 53.5. The topological polar surface area (TPSA) is 151 Å². The summed E-state index contributed by atoms with van der Waals surface area (Å²) in [6, 6.07) is 15.9. The molecule has 0 saturated heterocycles. The number of carbonyl (C=O) groups excluding carboxylic acids is 4. The van der Waals surface area contributed by atoms with E-state index in [1.54, 1.807) is 94.6 Å². The van der Waals surface area contributed by atoms with Crippen LogP contribution >= 0.6 is 0 Å². The number of carbonyl (C=O) groups is 4. The van der Waals surface area contributed by atoms with Crippen LogP contribution in [0.25, 0.3) is 0 Å². The van der Waals surface area contributed by atoms with E-state index >= 15 is 0 Å². The van der Waals surface area contributed by atoms with Gasteiger partial charge < -0.3 is 39.6 Å². The first-order chi connectivity index (χ1) is 22.4. The number of hydrogen-bond donors (Lipinski definition) is 3. The Morgan fingerprint density at radius 2 is 1.53 bits per heavy atom. The second-order valence-corrected chi connectivity index (χ2v) is 12.0. The normalized spacial score (nSPS) is 18.5. The Morgan fingerprint density at radius 3 is 2.15 bits per heavy atom. The molecule has 2 heterocycles. The second-order valence-electron chi connectivity index (χ2n) is 12.0. The van der Waals surface area contributed by atoms with Crippen molar-refractivity contribution in [3.63, 3.8) is 0 Å².